The van der Waals surface area contributed by atoms with Crippen LogP contribution in [0.3, 0.4) is 0 Å². The molecule has 134 valence electrons. The van der Waals surface area contributed by atoms with E-state index in [1.165, 1.54) is 32.1 Å². The second kappa shape index (κ2) is 12.4. The highest BCUT2D eigenvalue weighted by Crippen LogP contribution is 2.23. The van der Waals surface area contributed by atoms with Crippen LogP contribution in [0, 0.1) is 0 Å². The molecule has 24 heavy (non-hydrogen) atoms. The number of hydrogen-bond donors (Lipinski definition) is 2. The van der Waals surface area contributed by atoms with Crippen molar-refractivity contribution in [2.24, 2.45) is 0 Å². The van der Waals surface area contributed by atoms with Crippen molar-refractivity contribution in [2.75, 3.05) is 18.5 Å². The van der Waals surface area contributed by atoms with E-state index in [-0.39, 0.29) is 0 Å². The second-order valence-corrected chi connectivity index (χ2v) is 5.76. The number of carbonyl (C=O) groups excluding carboxylic acids is 2. The van der Waals surface area contributed by atoms with E-state index >= 15 is 0 Å². The molecule has 0 saturated heterocycles. The van der Waals surface area contributed by atoms with Gasteiger partial charge in [0, 0.05) is 6.54 Å². The van der Waals surface area contributed by atoms with Gasteiger partial charge in [-0.15, -0.1) is 0 Å². The van der Waals surface area contributed by atoms with E-state index in [0.717, 1.165) is 12.8 Å². The number of amides is 2. The summed E-state index contributed by atoms with van der Waals surface area (Å²) < 4.78 is 5.42. The quantitative estimate of drug-likeness (QED) is 0.476. The summed E-state index contributed by atoms with van der Waals surface area (Å²) in [6, 6.07) is 7.08. The third-order valence-corrected chi connectivity index (χ3v) is 3.71. The third-order valence-electron chi connectivity index (χ3n) is 3.71. The Hall–Kier alpha value is -2.04. The molecule has 2 amide bonds. The number of carbonyl (C=O) groups is 2. The predicted molar refractivity (Wildman–Crippen MR) is 97.2 cm³/mol. The molecule has 0 bridgehead atoms. The molecule has 0 radical (unpaired) electrons. The minimum Gasteiger partial charge on any atom is -0.492 e. The van der Waals surface area contributed by atoms with Crippen molar-refractivity contribution in [3.63, 3.8) is 0 Å². The van der Waals surface area contributed by atoms with Gasteiger partial charge in [-0.2, -0.15) is 0 Å². The summed E-state index contributed by atoms with van der Waals surface area (Å²) >= 11 is 0. The minimum atomic E-state index is -0.662. The summed E-state index contributed by atoms with van der Waals surface area (Å²) in [6.45, 7) is 5.10. The molecule has 0 saturated carbocycles. The molecular formula is C19H30N2O3. The number of unbranched alkanes of at least 4 members (excludes halogenated alkanes) is 6. The molecule has 1 aromatic rings. The van der Waals surface area contributed by atoms with Crippen LogP contribution in [0.2, 0.25) is 0 Å². The van der Waals surface area contributed by atoms with Crippen molar-refractivity contribution < 1.29 is 14.3 Å². The van der Waals surface area contributed by atoms with Gasteiger partial charge in [-0.05, 0) is 25.5 Å². The Morgan fingerprint density at radius 3 is 2.29 bits per heavy atom. The lowest BCUT2D eigenvalue weighted by Gasteiger charge is -2.11. The lowest BCUT2D eigenvalue weighted by atomic mass is 10.1. The predicted octanol–water partition coefficient (Wildman–Crippen LogP) is 3.89. The molecule has 0 unspecified atom stereocenters. The number of rotatable bonds is 11. The van der Waals surface area contributed by atoms with Crippen LogP contribution in [0.5, 0.6) is 5.75 Å². The van der Waals surface area contributed by atoms with Crippen LogP contribution < -0.4 is 15.4 Å². The van der Waals surface area contributed by atoms with E-state index < -0.39 is 11.8 Å². The Labute approximate surface area is 145 Å². The number of nitrogens with one attached hydrogen (secondary N) is 2. The Bertz CT molecular complexity index is 503. The topological polar surface area (TPSA) is 67.4 Å². The number of anilines is 1. The minimum absolute atomic E-state index is 0.497. The van der Waals surface area contributed by atoms with Gasteiger partial charge in [0.1, 0.15) is 5.75 Å². The Morgan fingerprint density at radius 2 is 1.58 bits per heavy atom. The van der Waals surface area contributed by atoms with Gasteiger partial charge in [0.25, 0.3) is 0 Å². The summed E-state index contributed by atoms with van der Waals surface area (Å²) in [5.74, 6) is -0.703. The lowest BCUT2D eigenvalue weighted by molar-refractivity contribution is -0.136. The number of hydrogen-bond acceptors (Lipinski definition) is 3. The van der Waals surface area contributed by atoms with Gasteiger partial charge in [-0.1, -0.05) is 57.6 Å². The van der Waals surface area contributed by atoms with Gasteiger partial charge in [0.2, 0.25) is 0 Å². The number of para-hydroxylation sites is 2. The first kappa shape index (κ1) is 20.0. The molecule has 0 atom stereocenters. The molecular weight excluding hydrogens is 304 g/mol. The second-order valence-electron chi connectivity index (χ2n) is 5.76. The maximum absolute atomic E-state index is 11.9. The van der Waals surface area contributed by atoms with Crippen molar-refractivity contribution in [3.05, 3.63) is 24.3 Å². The van der Waals surface area contributed by atoms with E-state index in [1.54, 1.807) is 18.2 Å². The molecule has 5 nitrogen and oxygen atoms in total. The molecule has 0 aliphatic rings. The molecule has 0 aliphatic heterocycles. The average Bonchev–Trinajstić information content (AvgIpc) is 2.59. The largest absolute Gasteiger partial charge is 0.492 e. The zero-order valence-electron chi connectivity index (χ0n) is 14.9. The van der Waals surface area contributed by atoms with Crippen LogP contribution >= 0.6 is 0 Å². The van der Waals surface area contributed by atoms with Crippen molar-refractivity contribution in [1.29, 1.82) is 0 Å². The zero-order valence-corrected chi connectivity index (χ0v) is 14.9. The van der Waals surface area contributed by atoms with E-state index in [9.17, 15) is 9.59 Å². The molecule has 1 aromatic carbocycles. The SMILES string of the molecule is CCCCCCCCCNC(=O)C(=O)Nc1ccccc1OCC. The highest BCUT2D eigenvalue weighted by atomic mass is 16.5. The molecule has 1 rings (SSSR count). The first-order valence-electron chi connectivity index (χ1n) is 9.00. The molecule has 5 heteroatoms. The summed E-state index contributed by atoms with van der Waals surface area (Å²) in [5.41, 5.74) is 0.510. The normalized spacial score (nSPS) is 10.2. The standard InChI is InChI=1S/C19H30N2O3/c1-3-5-6-7-8-9-12-15-20-18(22)19(23)21-16-13-10-11-14-17(16)24-4-2/h10-11,13-14H,3-9,12,15H2,1-2H3,(H,20,22)(H,21,23). The molecule has 0 aliphatic carbocycles. The van der Waals surface area contributed by atoms with Gasteiger partial charge in [-0.3, -0.25) is 9.59 Å². The van der Waals surface area contributed by atoms with Crippen molar-refractivity contribution in [3.8, 4) is 5.75 Å². The van der Waals surface area contributed by atoms with E-state index in [0.29, 0.717) is 24.6 Å². The van der Waals surface area contributed by atoms with Crippen LogP contribution in [-0.4, -0.2) is 25.0 Å². The molecule has 0 heterocycles. The van der Waals surface area contributed by atoms with E-state index in [1.807, 2.05) is 13.0 Å². The Balaban J connectivity index is 2.24. The highest BCUT2D eigenvalue weighted by molar-refractivity contribution is 6.39. The molecule has 0 aromatic heterocycles. The monoisotopic (exact) mass is 334 g/mol. The van der Waals surface area contributed by atoms with Crippen LogP contribution in [0.4, 0.5) is 5.69 Å². The van der Waals surface area contributed by atoms with E-state index in [4.69, 9.17) is 4.74 Å². The third kappa shape index (κ3) is 7.99. The lowest BCUT2D eigenvalue weighted by Crippen LogP contribution is -2.36. The molecule has 0 spiro atoms. The van der Waals surface area contributed by atoms with Gasteiger partial charge < -0.3 is 15.4 Å². The van der Waals surface area contributed by atoms with E-state index in [2.05, 4.69) is 17.6 Å². The first-order valence-corrected chi connectivity index (χ1v) is 9.00. The van der Waals surface area contributed by atoms with Crippen molar-refractivity contribution in [1.82, 2.24) is 5.32 Å². The summed E-state index contributed by atoms with van der Waals surface area (Å²) in [6.07, 6.45) is 8.24. The van der Waals surface area contributed by atoms with Crippen molar-refractivity contribution >= 4 is 17.5 Å². The van der Waals surface area contributed by atoms with Gasteiger partial charge in [0.15, 0.2) is 0 Å². The van der Waals surface area contributed by atoms with Crippen LogP contribution in [-0.2, 0) is 9.59 Å². The van der Waals surface area contributed by atoms with Crippen LogP contribution in [0.15, 0.2) is 24.3 Å². The van der Waals surface area contributed by atoms with Gasteiger partial charge in [-0.25, -0.2) is 0 Å². The number of ether oxygens (including phenoxy) is 1. The molecule has 0 fully saturated rings. The first-order chi connectivity index (χ1) is 11.7. The fraction of sp³-hybridized carbons (Fsp3) is 0.579. The maximum atomic E-state index is 11.9. The number of benzene rings is 1. The van der Waals surface area contributed by atoms with Crippen LogP contribution in [0.25, 0.3) is 0 Å². The fourth-order valence-electron chi connectivity index (χ4n) is 2.39. The Kier molecular flexibility index (Phi) is 10.3. The Morgan fingerprint density at radius 1 is 0.917 bits per heavy atom. The van der Waals surface area contributed by atoms with Gasteiger partial charge in [0.05, 0.1) is 12.3 Å². The molecule has 2 N–H and O–H groups in total. The average molecular weight is 334 g/mol. The fourth-order valence-corrected chi connectivity index (χ4v) is 2.39. The summed E-state index contributed by atoms with van der Waals surface area (Å²) in [4.78, 5) is 23.8. The summed E-state index contributed by atoms with van der Waals surface area (Å²) in [7, 11) is 0. The van der Waals surface area contributed by atoms with Gasteiger partial charge >= 0.3 is 11.8 Å². The van der Waals surface area contributed by atoms with Crippen LogP contribution in [0.1, 0.15) is 58.8 Å². The summed E-state index contributed by atoms with van der Waals surface area (Å²) in [5, 5.41) is 5.26. The maximum Gasteiger partial charge on any atom is 0.313 e. The smallest absolute Gasteiger partial charge is 0.313 e. The zero-order chi connectivity index (χ0) is 17.6. The van der Waals surface area contributed by atoms with Crippen molar-refractivity contribution in [2.45, 2.75) is 58.8 Å². The highest BCUT2D eigenvalue weighted by Gasteiger charge is 2.14.